The zero-order valence-corrected chi connectivity index (χ0v) is 13.0. The first kappa shape index (κ1) is 16.5. The van der Waals surface area contributed by atoms with E-state index in [2.05, 4.69) is 39.8 Å². The van der Waals surface area contributed by atoms with Crippen molar-refractivity contribution >= 4 is 5.97 Å². The van der Waals surface area contributed by atoms with Crippen LogP contribution < -0.4 is 4.74 Å². The molecule has 0 spiro atoms. The monoisotopic (exact) mass is 278 g/mol. The van der Waals surface area contributed by atoms with Crippen molar-refractivity contribution in [1.29, 1.82) is 0 Å². The maximum atomic E-state index is 10.6. The summed E-state index contributed by atoms with van der Waals surface area (Å²) in [5.41, 5.74) is 3.64. The summed E-state index contributed by atoms with van der Waals surface area (Å²) in [5, 5.41) is 8.72. The molecule has 0 saturated carbocycles. The Bertz CT molecular complexity index is 450. The second-order valence-electron chi connectivity index (χ2n) is 5.57. The van der Waals surface area contributed by atoms with Crippen LogP contribution in [0.1, 0.15) is 62.6 Å². The van der Waals surface area contributed by atoms with Gasteiger partial charge in [0.05, 0.1) is 6.61 Å². The number of aliphatic carboxylic acids is 1. The van der Waals surface area contributed by atoms with Crippen molar-refractivity contribution < 1.29 is 14.6 Å². The zero-order valence-electron chi connectivity index (χ0n) is 13.0. The number of aryl methyl sites for hydroxylation is 2. The maximum Gasteiger partial charge on any atom is 0.303 e. The molecule has 0 aliphatic heterocycles. The summed E-state index contributed by atoms with van der Waals surface area (Å²) in [7, 11) is 0. The average molecular weight is 278 g/mol. The minimum atomic E-state index is -0.727. The molecule has 0 radical (unpaired) electrons. The van der Waals surface area contributed by atoms with Crippen LogP contribution in [0.4, 0.5) is 0 Å². The normalized spacial score (nSPS) is 10.8. The zero-order chi connectivity index (χ0) is 15.1. The third-order valence-electron chi connectivity index (χ3n) is 3.39. The van der Waals surface area contributed by atoms with Gasteiger partial charge in [0.25, 0.3) is 0 Å². The maximum absolute atomic E-state index is 10.6. The van der Waals surface area contributed by atoms with Crippen molar-refractivity contribution in [3.63, 3.8) is 0 Å². The SMILES string of the molecule is CCCOc1cc(C)c(CCCC(=O)O)cc1C(C)C. The number of carbonyl (C=O) groups is 1. The highest BCUT2D eigenvalue weighted by Crippen LogP contribution is 2.30. The minimum absolute atomic E-state index is 0.227. The molecule has 0 aliphatic carbocycles. The second kappa shape index (κ2) is 7.93. The van der Waals surface area contributed by atoms with Crippen LogP contribution in [-0.4, -0.2) is 17.7 Å². The lowest BCUT2D eigenvalue weighted by Gasteiger charge is -2.17. The molecule has 112 valence electrons. The Morgan fingerprint density at radius 2 is 2.05 bits per heavy atom. The van der Waals surface area contributed by atoms with Crippen LogP contribution in [0.3, 0.4) is 0 Å². The van der Waals surface area contributed by atoms with Gasteiger partial charge in [-0.05, 0) is 54.9 Å². The van der Waals surface area contributed by atoms with Gasteiger partial charge in [-0.25, -0.2) is 0 Å². The molecule has 3 heteroatoms. The summed E-state index contributed by atoms with van der Waals surface area (Å²) in [6.45, 7) is 9.22. The Kier molecular flexibility index (Phi) is 6.56. The molecule has 0 amide bonds. The van der Waals surface area contributed by atoms with Gasteiger partial charge in [0, 0.05) is 6.42 Å². The molecule has 0 saturated heterocycles. The standard InChI is InChI=1S/C17H26O3/c1-5-9-20-16-10-13(4)14(7-6-8-17(18)19)11-15(16)12(2)3/h10-12H,5-9H2,1-4H3,(H,18,19). The average Bonchev–Trinajstić information content (AvgIpc) is 2.37. The van der Waals surface area contributed by atoms with Gasteiger partial charge in [-0.3, -0.25) is 4.79 Å². The lowest BCUT2D eigenvalue weighted by molar-refractivity contribution is -0.137. The molecule has 1 aromatic rings. The van der Waals surface area contributed by atoms with Gasteiger partial charge in [-0.15, -0.1) is 0 Å². The summed E-state index contributed by atoms with van der Waals surface area (Å²) in [5.74, 6) is 0.650. The number of ether oxygens (including phenoxy) is 1. The van der Waals surface area contributed by atoms with Crippen LogP contribution in [0.15, 0.2) is 12.1 Å². The molecule has 0 atom stereocenters. The van der Waals surface area contributed by atoms with Crippen LogP contribution in [0.5, 0.6) is 5.75 Å². The van der Waals surface area contributed by atoms with E-state index in [0.717, 1.165) is 25.2 Å². The van der Waals surface area contributed by atoms with Crippen molar-refractivity contribution in [3.05, 3.63) is 28.8 Å². The Morgan fingerprint density at radius 1 is 1.35 bits per heavy atom. The first-order valence-corrected chi connectivity index (χ1v) is 7.43. The van der Waals surface area contributed by atoms with Crippen LogP contribution in [-0.2, 0) is 11.2 Å². The number of rotatable bonds is 8. The van der Waals surface area contributed by atoms with E-state index in [0.29, 0.717) is 12.3 Å². The van der Waals surface area contributed by atoms with Crippen LogP contribution in [0.25, 0.3) is 0 Å². The highest BCUT2D eigenvalue weighted by Gasteiger charge is 2.12. The fourth-order valence-corrected chi connectivity index (χ4v) is 2.23. The lowest BCUT2D eigenvalue weighted by Crippen LogP contribution is -2.04. The van der Waals surface area contributed by atoms with Gasteiger partial charge in [-0.2, -0.15) is 0 Å². The molecule has 20 heavy (non-hydrogen) atoms. The Morgan fingerprint density at radius 3 is 2.60 bits per heavy atom. The topological polar surface area (TPSA) is 46.5 Å². The third-order valence-corrected chi connectivity index (χ3v) is 3.39. The molecule has 1 aromatic carbocycles. The lowest BCUT2D eigenvalue weighted by atomic mass is 9.94. The molecule has 0 fully saturated rings. The Hall–Kier alpha value is -1.51. The summed E-state index contributed by atoms with van der Waals surface area (Å²) < 4.78 is 5.83. The van der Waals surface area contributed by atoms with E-state index in [-0.39, 0.29) is 6.42 Å². The molecule has 3 nitrogen and oxygen atoms in total. The van der Waals surface area contributed by atoms with Gasteiger partial charge >= 0.3 is 5.97 Å². The van der Waals surface area contributed by atoms with Crippen molar-refractivity contribution in [2.24, 2.45) is 0 Å². The molecule has 0 unspecified atom stereocenters. The molecule has 0 heterocycles. The van der Waals surface area contributed by atoms with Gasteiger partial charge < -0.3 is 9.84 Å². The highest BCUT2D eigenvalue weighted by molar-refractivity contribution is 5.66. The van der Waals surface area contributed by atoms with Crippen molar-refractivity contribution in [1.82, 2.24) is 0 Å². The Labute approximate surface area is 122 Å². The predicted molar refractivity (Wildman–Crippen MR) is 81.6 cm³/mol. The Balaban J connectivity index is 2.91. The van der Waals surface area contributed by atoms with E-state index in [4.69, 9.17) is 9.84 Å². The van der Waals surface area contributed by atoms with Crippen LogP contribution >= 0.6 is 0 Å². The summed E-state index contributed by atoms with van der Waals surface area (Å²) >= 11 is 0. The molecule has 0 aliphatic rings. The molecule has 1 N–H and O–H groups in total. The number of carboxylic acids is 1. The summed E-state index contributed by atoms with van der Waals surface area (Å²) in [6, 6.07) is 4.29. The van der Waals surface area contributed by atoms with E-state index >= 15 is 0 Å². The number of hydrogen-bond donors (Lipinski definition) is 1. The molecular weight excluding hydrogens is 252 g/mol. The van der Waals surface area contributed by atoms with E-state index in [1.807, 2.05) is 0 Å². The van der Waals surface area contributed by atoms with E-state index in [1.165, 1.54) is 16.7 Å². The van der Waals surface area contributed by atoms with Crippen molar-refractivity contribution in [3.8, 4) is 5.75 Å². The van der Waals surface area contributed by atoms with E-state index < -0.39 is 5.97 Å². The van der Waals surface area contributed by atoms with Gasteiger partial charge in [0.2, 0.25) is 0 Å². The number of benzene rings is 1. The largest absolute Gasteiger partial charge is 0.493 e. The first-order valence-electron chi connectivity index (χ1n) is 7.43. The van der Waals surface area contributed by atoms with Crippen molar-refractivity contribution in [2.45, 2.75) is 59.3 Å². The first-order chi connectivity index (χ1) is 9.45. The van der Waals surface area contributed by atoms with Crippen LogP contribution in [0, 0.1) is 6.92 Å². The van der Waals surface area contributed by atoms with E-state index in [1.54, 1.807) is 0 Å². The predicted octanol–water partition coefficient (Wildman–Crippen LogP) is 4.31. The van der Waals surface area contributed by atoms with Crippen LogP contribution in [0.2, 0.25) is 0 Å². The highest BCUT2D eigenvalue weighted by atomic mass is 16.5. The number of carboxylic acid groups (broad SMARTS) is 1. The molecule has 1 rings (SSSR count). The molecular formula is C17H26O3. The van der Waals surface area contributed by atoms with Gasteiger partial charge in [0.15, 0.2) is 0 Å². The van der Waals surface area contributed by atoms with Gasteiger partial charge in [-0.1, -0.05) is 26.8 Å². The summed E-state index contributed by atoms with van der Waals surface area (Å²) in [4.78, 5) is 10.6. The minimum Gasteiger partial charge on any atom is -0.493 e. The quantitative estimate of drug-likeness (QED) is 0.770. The van der Waals surface area contributed by atoms with E-state index in [9.17, 15) is 4.79 Å². The molecule has 0 bridgehead atoms. The molecule has 0 aromatic heterocycles. The fourth-order valence-electron chi connectivity index (χ4n) is 2.23. The second-order valence-corrected chi connectivity index (χ2v) is 5.57. The van der Waals surface area contributed by atoms with Crippen molar-refractivity contribution in [2.75, 3.05) is 6.61 Å². The van der Waals surface area contributed by atoms with Gasteiger partial charge in [0.1, 0.15) is 5.75 Å². The third kappa shape index (κ3) is 4.87. The fraction of sp³-hybridized carbons (Fsp3) is 0.588. The smallest absolute Gasteiger partial charge is 0.303 e. The summed E-state index contributed by atoms with van der Waals surface area (Å²) in [6.07, 6.45) is 2.72. The number of hydrogen-bond acceptors (Lipinski definition) is 2.